The maximum atomic E-state index is 11.0. The number of rotatable bonds is 6. The van der Waals surface area contributed by atoms with Crippen LogP contribution in [0.4, 0.5) is 0 Å². The summed E-state index contributed by atoms with van der Waals surface area (Å²) in [7, 11) is -0.823. The van der Waals surface area contributed by atoms with E-state index >= 15 is 0 Å². The third kappa shape index (κ3) is 4.95. The molecular weight excluding hydrogens is 212 g/mol. The van der Waals surface area contributed by atoms with Gasteiger partial charge in [0, 0.05) is 18.8 Å². The fourth-order valence-electron chi connectivity index (χ4n) is 2.19. The summed E-state index contributed by atoms with van der Waals surface area (Å²) in [6, 6.07) is 0.606. The monoisotopic (exact) mass is 234 g/mol. The molecule has 1 atom stereocenters. The van der Waals surface area contributed by atoms with Gasteiger partial charge in [-0.2, -0.15) is 0 Å². The number of nitrogens with one attached hydrogen (secondary N) is 1. The van der Waals surface area contributed by atoms with Crippen molar-refractivity contribution in [1.29, 1.82) is 0 Å². The number of hydrogen-bond donors (Lipinski definition) is 1. The number of likely N-dealkylation sites (tertiary alicyclic amines) is 1. The summed E-state index contributed by atoms with van der Waals surface area (Å²) < 4.78 is 22.0. The van der Waals surface area contributed by atoms with Gasteiger partial charge >= 0.3 is 0 Å². The van der Waals surface area contributed by atoms with Gasteiger partial charge in [-0.25, -0.2) is 8.42 Å². The Balaban J connectivity index is 2.25. The van der Waals surface area contributed by atoms with Crippen LogP contribution in [-0.2, 0) is 9.84 Å². The molecule has 15 heavy (non-hydrogen) atoms. The standard InChI is InChI=1S/C10H22N2O2S/c1-11-9-10-5-3-6-12(10)7-4-8-15(2,13)14/h10-11H,3-9H2,1-2H3. The lowest BCUT2D eigenvalue weighted by Gasteiger charge is -2.23. The zero-order valence-electron chi connectivity index (χ0n) is 9.70. The van der Waals surface area contributed by atoms with E-state index in [0.717, 1.165) is 26.1 Å². The lowest BCUT2D eigenvalue weighted by atomic mass is 10.2. The first kappa shape index (κ1) is 12.9. The van der Waals surface area contributed by atoms with Crippen LogP contribution in [0, 0.1) is 0 Å². The summed E-state index contributed by atoms with van der Waals surface area (Å²) >= 11 is 0. The van der Waals surface area contributed by atoms with E-state index in [9.17, 15) is 8.42 Å². The number of likely N-dealkylation sites (N-methyl/N-ethyl adjacent to an activating group) is 1. The average molecular weight is 234 g/mol. The van der Waals surface area contributed by atoms with E-state index in [1.54, 1.807) is 0 Å². The lowest BCUT2D eigenvalue weighted by molar-refractivity contribution is 0.251. The fraction of sp³-hybridized carbons (Fsp3) is 1.00. The molecule has 5 heteroatoms. The maximum absolute atomic E-state index is 11.0. The van der Waals surface area contributed by atoms with E-state index in [-0.39, 0.29) is 0 Å². The van der Waals surface area contributed by atoms with Crippen LogP contribution in [0.25, 0.3) is 0 Å². The van der Waals surface area contributed by atoms with Crippen molar-refractivity contribution in [2.24, 2.45) is 0 Å². The molecule has 0 aromatic carbocycles. The van der Waals surface area contributed by atoms with Crippen molar-refractivity contribution in [1.82, 2.24) is 10.2 Å². The van der Waals surface area contributed by atoms with E-state index in [0.29, 0.717) is 11.8 Å². The molecule has 1 N–H and O–H groups in total. The average Bonchev–Trinajstić information content (AvgIpc) is 2.51. The highest BCUT2D eigenvalue weighted by molar-refractivity contribution is 7.90. The molecule has 1 aliphatic heterocycles. The zero-order valence-corrected chi connectivity index (χ0v) is 10.5. The zero-order chi connectivity index (χ0) is 11.3. The first-order valence-corrected chi connectivity index (χ1v) is 7.65. The van der Waals surface area contributed by atoms with Crippen molar-refractivity contribution in [2.45, 2.75) is 25.3 Å². The van der Waals surface area contributed by atoms with Gasteiger partial charge in [0.2, 0.25) is 0 Å². The van der Waals surface area contributed by atoms with Crippen molar-refractivity contribution in [3.05, 3.63) is 0 Å². The predicted molar refractivity (Wildman–Crippen MR) is 62.8 cm³/mol. The van der Waals surface area contributed by atoms with Gasteiger partial charge in [-0.3, -0.25) is 4.90 Å². The Morgan fingerprint density at radius 3 is 2.80 bits per heavy atom. The molecule has 0 radical (unpaired) electrons. The molecule has 0 aliphatic carbocycles. The molecule has 0 amide bonds. The van der Waals surface area contributed by atoms with Gasteiger partial charge in [0.05, 0.1) is 5.75 Å². The van der Waals surface area contributed by atoms with Gasteiger partial charge in [-0.15, -0.1) is 0 Å². The summed E-state index contributed by atoms with van der Waals surface area (Å²) in [6.07, 6.45) is 4.55. The number of hydrogen-bond acceptors (Lipinski definition) is 4. The Morgan fingerprint density at radius 2 is 2.20 bits per heavy atom. The molecule has 1 unspecified atom stereocenters. The minimum Gasteiger partial charge on any atom is -0.318 e. The minimum atomic E-state index is -2.79. The number of nitrogens with zero attached hydrogens (tertiary/aromatic N) is 1. The fourth-order valence-corrected chi connectivity index (χ4v) is 2.84. The van der Waals surface area contributed by atoms with Crippen LogP contribution < -0.4 is 5.32 Å². The van der Waals surface area contributed by atoms with Crippen LogP contribution in [0.5, 0.6) is 0 Å². The Labute approximate surface area is 93.0 Å². The molecule has 1 aliphatic rings. The summed E-state index contributed by atoms with van der Waals surface area (Å²) in [5.41, 5.74) is 0. The molecule has 1 saturated heterocycles. The Morgan fingerprint density at radius 1 is 1.47 bits per heavy atom. The van der Waals surface area contributed by atoms with Crippen LogP contribution >= 0.6 is 0 Å². The molecule has 1 heterocycles. The highest BCUT2D eigenvalue weighted by Gasteiger charge is 2.23. The second kappa shape index (κ2) is 5.82. The molecule has 0 bridgehead atoms. The topological polar surface area (TPSA) is 49.4 Å². The second-order valence-corrected chi connectivity index (χ2v) is 6.63. The third-order valence-corrected chi connectivity index (χ3v) is 3.93. The van der Waals surface area contributed by atoms with E-state index in [4.69, 9.17) is 0 Å². The summed E-state index contributed by atoms with van der Waals surface area (Å²) in [4.78, 5) is 2.40. The van der Waals surface area contributed by atoms with Gasteiger partial charge in [0.15, 0.2) is 0 Å². The highest BCUT2D eigenvalue weighted by Crippen LogP contribution is 2.16. The van der Waals surface area contributed by atoms with Crippen molar-refractivity contribution in [3.63, 3.8) is 0 Å². The normalized spacial score (nSPS) is 23.5. The third-order valence-electron chi connectivity index (χ3n) is 2.90. The van der Waals surface area contributed by atoms with Gasteiger partial charge in [-0.05, 0) is 39.4 Å². The molecule has 1 fully saturated rings. The molecule has 0 saturated carbocycles. The minimum absolute atomic E-state index is 0.315. The van der Waals surface area contributed by atoms with E-state index in [1.165, 1.54) is 19.1 Å². The maximum Gasteiger partial charge on any atom is 0.147 e. The molecule has 0 aromatic heterocycles. The van der Waals surface area contributed by atoms with Crippen LogP contribution in [0.15, 0.2) is 0 Å². The van der Waals surface area contributed by atoms with Crippen LogP contribution in [0.2, 0.25) is 0 Å². The first-order chi connectivity index (χ1) is 7.03. The lowest BCUT2D eigenvalue weighted by Crippen LogP contribution is -2.37. The highest BCUT2D eigenvalue weighted by atomic mass is 32.2. The van der Waals surface area contributed by atoms with Gasteiger partial charge in [0.25, 0.3) is 0 Å². The van der Waals surface area contributed by atoms with Gasteiger partial charge < -0.3 is 5.32 Å². The molecule has 4 nitrogen and oxygen atoms in total. The Hall–Kier alpha value is -0.130. The molecule has 90 valence electrons. The van der Waals surface area contributed by atoms with Crippen molar-refractivity contribution in [2.75, 3.05) is 38.7 Å². The summed E-state index contributed by atoms with van der Waals surface area (Å²) in [6.45, 7) is 3.05. The van der Waals surface area contributed by atoms with Crippen molar-refractivity contribution in [3.8, 4) is 0 Å². The van der Waals surface area contributed by atoms with E-state index in [2.05, 4.69) is 10.2 Å². The molecule has 1 rings (SSSR count). The smallest absolute Gasteiger partial charge is 0.147 e. The largest absolute Gasteiger partial charge is 0.318 e. The molecular formula is C10H22N2O2S. The Kier molecular flexibility index (Phi) is 5.02. The molecule has 0 spiro atoms. The van der Waals surface area contributed by atoms with Crippen LogP contribution in [0.1, 0.15) is 19.3 Å². The van der Waals surface area contributed by atoms with Crippen molar-refractivity contribution < 1.29 is 8.42 Å². The van der Waals surface area contributed by atoms with E-state index in [1.807, 2.05) is 7.05 Å². The van der Waals surface area contributed by atoms with Crippen LogP contribution in [-0.4, -0.2) is 58.1 Å². The SMILES string of the molecule is CNCC1CCCN1CCCS(C)(=O)=O. The van der Waals surface area contributed by atoms with Crippen LogP contribution in [0.3, 0.4) is 0 Å². The first-order valence-electron chi connectivity index (χ1n) is 5.59. The van der Waals surface area contributed by atoms with Crippen molar-refractivity contribution >= 4 is 9.84 Å². The number of sulfone groups is 1. The summed E-state index contributed by atoms with van der Waals surface area (Å²) in [5, 5.41) is 3.19. The molecule has 0 aromatic rings. The van der Waals surface area contributed by atoms with E-state index < -0.39 is 9.84 Å². The summed E-state index contributed by atoms with van der Waals surface area (Å²) in [5.74, 6) is 0.315. The predicted octanol–water partition coefficient (Wildman–Crippen LogP) is 0.105. The quantitative estimate of drug-likeness (QED) is 0.708. The van der Waals surface area contributed by atoms with Gasteiger partial charge in [0.1, 0.15) is 9.84 Å². The van der Waals surface area contributed by atoms with Gasteiger partial charge in [-0.1, -0.05) is 0 Å². The second-order valence-electron chi connectivity index (χ2n) is 4.37. The Bertz CT molecular complexity index is 277.